The van der Waals surface area contributed by atoms with Gasteiger partial charge < -0.3 is 5.32 Å². The predicted octanol–water partition coefficient (Wildman–Crippen LogP) is 0.910. The van der Waals surface area contributed by atoms with Crippen molar-refractivity contribution < 1.29 is 0 Å². The Morgan fingerprint density at radius 2 is 2.30 bits per heavy atom. The Bertz CT molecular complexity index is 642. The fraction of sp³-hybridized carbons (Fsp3) is 0.429. The second-order valence-corrected chi connectivity index (χ2v) is 5.10. The monoisotopic (exact) mass is 294 g/mol. The van der Waals surface area contributed by atoms with E-state index < -0.39 is 0 Å². The summed E-state index contributed by atoms with van der Waals surface area (Å²) in [7, 11) is 0. The summed E-state index contributed by atoms with van der Waals surface area (Å²) < 4.78 is 1.57. The molecule has 0 saturated carbocycles. The number of nitrogens with zero attached hydrogens (tertiary/aromatic N) is 3. The lowest BCUT2D eigenvalue weighted by molar-refractivity contribution is 0.197. The van der Waals surface area contributed by atoms with Gasteiger partial charge in [0, 0.05) is 44.5 Å². The molecule has 3 heterocycles. The van der Waals surface area contributed by atoms with E-state index in [4.69, 9.17) is 0 Å². The Morgan fingerprint density at radius 3 is 3.10 bits per heavy atom. The standard InChI is InChI=1S/C14H18N4O.ClH/c1-11-9-17(7-5-15-11)10-12-8-14(19)18-6-3-2-4-13(18)16-12;/h2-4,6,8,11,15H,5,7,9-10H2,1H3;1H. The van der Waals surface area contributed by atoms with Crippen LogP contribution in [0.15, 0.2) is 35.3 Å². The van der Waals surface area contributed by atoms with Gasteiger partial charge in [0.05, 0.1) is 5.69 Å². The molecule has 0 aromatic carbocycles. The van der Waals surface area contributed by atoms with Crippen LogP contribution in [0.1, 0.15) is 12.6 Å². The van der Waals surface area contributed by atoms with Crippen LogP contribution in [0.5, 0.6) is 0 Å². The first kappa shape index (κ1) is 15.0. The van der Waals surface area contributed by atoms with Crippen molar-refractivity contribution in [2.24, 2.45) is 0 Å². The average Bonchev–Trinajstić information content (AvgIpc) is 2.39. The summed E-state index contributed by atoms with van der Waals surface area (Å²) in [6.07, 6.45) is 1.75. The highest BCUT2D eigenvalue weighted by Crippen LogP contribution is 2.05. The molecule has 0 aliphatic carbocycles. The number of hydrogen-bond donors (Lipinski definition) is 1. The number of nitrogens with one attached hydrogen (secondary N) is 1. The van der Waals surface area contributed by atoms with Crippen molar-refractivity contribution in [1.29, 1.82) is 0 Å². The zero-order valence-electron chi connectivity index (χ0n) is 11.5. The van der Waals surface area contributed by atoms with Crippen molar-refractivity contribution in [2.75, 3.05) is 19.6 Å². The molecular weight excluding hydrogens is 276 g/mol. The van der Waals surface area contributed by atoms with Crippen molar-refractivity contribution in [2.45, 2.75) is 19.5 Å². The van der Waals surface area contributed by atoms with Crippen LogP contribution in [0.2, 0.25) is 0 Å². The third-order valence-corrected chi connectivity index (χ3v) is 3.46. The second kappa shape index (κ2) is 6.35. The van der Waals surface area contributed by atoms with E-state index in [0.29, 0.717) is 11.7 Å². The van der Waals surface area contributed by atoms with Gasteiger partial charge in [0.15, 0.2) is 0 Å². The Hall–Kier alpha value is -1.43. The van der Waals surface area contributed by atoms with Gasteiger partial charge in [0.1, 0.15) is 5.65 Å². The number of piperazine rings is 1. The van der Waals surface area contributed by atoms with Crippen LogP contribution in [0, 0.1) is 0 Å². The molecule has 1 saturated heterocycles. The highest BCUT2D eigenvalue weighted by atomic mass is 35.5. The van der Waals surface area contributed by atoms with Gasteiger partial charge in [0.25, 0.3) is 5.56 Å². The number of hydrogen-bond acceptors (Lipinski definition) is 4. The number of halogens is 1. The number of rotatable bonds is 2. The minimum Gasteiger partial charge on any atom is -0.312 e. The fourth-order valence-corrected chi connectivity index (χ4v) is 2.57. The topological polar surface area (TPSA) is 49.6 Å². The maximum Gasteiger partial charge on any atom is 0.258 e. The largest absolute Gasteiger partial charge is 0.312 e. The summed E-state index contributed by atoms with van der Waals surface area (Å²) in [5.74, 6) is 0. The minimum atomic E-state index is -0.0104. The zero-order chi connectivity index (χ0) is 13.2. The summed E-state index contributed by atoms with van der Waals surface area (Å²) in [4.78, 5) is 18.9. The van der Waals surface area contributed by atoms with E-state index in [0.717, 1.165) is 31.9 Å². The normalized spacial score (nSPS) is 19.8. The Morgan fingerprint density at radius 1 is 1.45 bits per heavy atom. The van der Waals surface area contributed by atoms with Crippen LogP contribution < -0.4 is 10.9 Å². The van der Waals surface area contributed by atoms with Gasteiger partial charge in [-0.1, -0.05) is 6.07 Å². The van der Waals surface area contributed by atoms with Crippen molar-refractivity contribution in [3.8, 4) is 0 Å². The van der Waals surface area contributed by atoms with Gasteiger partial charge in [-0.3, -0.25) is 14.1 Å². The van der Waals surface area contributed by atoms with Crippen molar-refractivity contribution in [1.82, 2.24) is 19.6 Å². The first-order valence-electron chi connectivity index (χ1n) is 6.65. The Balaban J connectivity index is 0.00000147. The van der Waals surface area contributed by atoms with Crippen LogP contribution in [0.25, 0.3) is 5.65 Å². The molecule has 108 valence electrons. The average molecular weight is 295 g/mol. The van der Waals surface area contributed by atoms with Crippen LogP contribution in [-0.4, -0.2) is 40.0 Å². The van der Waals surface area contributed by atoms with Gasteiger partial charge in [-0.05, 0) is 19.1 Å². The maximum atomic E-state index is 12.0. The summed E-state index contributed by atoms with van der Waals surface area (Å²) in [5, 5.41) is 3.41. The van der Waals surface area contributed by atoms with E-state index in [1.165, 1.54) is 0 Å². The van der Waals surface area contributed by atoms with Crippen LogP contribution >= 0.6 is 12.4 Å². The predicted molar refractivity (Wildman–Crippen MR) is 81.5 cm³/mol. The quantitative estimate of drug-likeness (QED) is 0.894. The second-order valence-electron chi connectivity index (χ2n) is 5.10. The van der Waals surface area contributed by atoms with Crippen LogP contribution in [0.4, 0.5) is 0 Å². The smallest absolute Gasteiger partial charge is 0.258 e. The molecule has 1 fully saturated rings. The lowest BCUT2D eigenvalue weighted by atomic mass is 10.2. The number of fused-ring (bicyclic) bond motifs is 1. The molecule has 2 aromatic heterocycles. The molecule has 6 heteroatoms. The lowest BCUT2D eigenvalue weighted by Crippen LogP contribution is -2.48. The summed E-state index contributed by atoms with van der Waals surface area (Å²) in [5.41, 5.74) is 1.56. The van der Waals surface area contributed by atoms with Crippen LogP contribution in [0.3, 0.4) is 0 Å². The van der Waals surface area contributed by atoms with Crippen LogP contribution in [-0.2, 0) is 6.54 Å². The molecule has 0 spiro atoms. The lowest BCUT2D eigenvalue weighted by Gasteiger charge is -2.31. The first-order chi connectivity index (χ1) is 9.22. The fourth-order valence-electron chi connectivity index (χ4n) is 2.57. The van der Waals surface area contributed by atoms with E-state index in [9.17, 15) is 4.79 Å². The summed E-state index contributed by atoms with van der Waals surface area (Å²) in [6.45, 7) is 5.91. The van der Waals surface area contributed by atoms with Crippen molar-refractivity contribution in [3.05, 3.63) is 46.5 Å². The Kier molecular flexibility index (Phi) is 4.75. The molecule has 1 aliphatic heterocycles. The molecule has 2 aromatic rings. The zero-order valence-corrected chi connectivity index (χ0v) is 12.3. The third kappa shape index (κ3) is 3.17. The molecule has 5 nitrogen and oxygen atoms in total. The van der Waals surface area contributed by atoms with E-state index in [2.05, 4.69) is 22.1 Å². The molecule has 0 radical (unpaired) electrons. The Labute approximate surface area is 124 Å². The molecule has 1 atom stereocenters. The van der Waals surface area contributed by atoms with Gasteiger partial charge in [-0.15, -0.1) is 12.4 Å². The number of pyridine rings is 1. The molecule has 0 amide bonds. The maximum absolute atomic E-state index is 12.0. The van der Waals surface area contributed by atoms with Gasteiger partial charge in [0.2, 0.25) is 0 Å². The van der Waals surface area contributed by atoms with Crippen molar-refractivity contribution in [3.63, 3.8) is 0 Å². The highest BCUT2D eigenvalue weighted by molar-refractivity contribution is 5.85. The van der Waals surface area contributed by atoms with E-state index in [-0.39, 0.29) is 18.0 Å². The molecule has 1 N–H and O–H groups in total. The van der Waals surface area contributed by atoms with E-state index >= 15 is 0 Å². The molecular formula is C14H19ClN4O. The summed E-state index contributed by atoms with van der Waals surface area (Å²) >= 11 is 0. The van der Waals surface area contributed by atoms with E-state index in [1.807, 2.05) is 18.2 Å². The summed E-state index contributed by atoms with van der Waals surface area (Å²) in [6, 6.07) is 7.74. The van der Waals surface area contributed by atoms with Gasteiger partial charge in [-0.25, -0.2) is 4.98 Å². The molecule has 1 unspecified atom stereocenters. The van der Waals surface area contributed by atoms with E-state index in [1.54, 1.807) is 16.7 Å². The van der Waals surface area contributed by atoms with Gasteiger partial charge >= 0.3 is 0 Å². The molecule has 0 bridgehead atoms. The SMILES string of the molecule is CC1CN(Cc2cc(=O)n3ccccc3n2)CCN1.Cl. The minimum absolute atomic E-state index is 0. The number of aromatic nitrogens is 2. The third-order valence-electron chi connectivity index (χ3n) is 3.46. The van der Waals surface area contributed by atoms with Crippen molar-refractivity contribution >= 4 is 18.1 Å². The molecule has 3 rings (SSSR count). The first-order valence-corrected chi connectivity index (χ1v) is 6.65. The van der Waals surface area contributed by atoms with Gasteiger partial charge in [-0.2, -0.15) is 0 Å². The molecule has 20 heavy (non-hydrogen) atoms. The highest BCUT2D eigenvalue weighted by Gasteiger charge is 2.16. The molecule has 1 aliphatic rings.